The zero-order valence-corrected chi connectivity index (χ0v) is 11.1. The van der Waals surface area contributed by atoms with Gasteiger partial charge in [0.1, 0.15) is 5.52 Å². The van der Waals surface area contributed by atoms with Crippen LogP contribution in [-0.4, -0.2) is 53.6 Å². The van der Waals surface area contributed by atoms with Crippen molar-refractivity contribution >= 4 is 11.0 Å². The third-order valence-electron chi connectivity index (χ3n) is 2.88. The maximum atomic E-state index is 4.16. The highest BCUT2D eigenvalue weighted by Crippen LogP contribution is 2.08. The van der Waals surface area contributed by atoms with Gasteiger partial charge in [0.25, 0.3) is 0 Å². The lowest BCUT2D eigenvalue weighted by atomic mass is 10.3. The molecule has 0 bridgehead atoms. The van der Waals surface area contributed by atoms with Crippen molar-refractivity contribution in [2.75, 3.05) is 33.7 Å². The third-order valence-corrected chi connectivity index (χ3v) is 2.88. The van der Waals surface area contributed by atoms with Crippen LogP contribution in [0.2, 0.25) is 0 Å². The summed E-state index contributed by atoms with van der Waals surface area (Å²) in [5.41, 5.74) is 2.07. The molecule has 1 aromatic carbocycles. The van der Waals surface area contributed by atoms with E-state index in [1.54, 1.807) is 0 Å². The van der Waals surface area contributed by atoms with Gasteiger partial charge in [-0.2, -0.15) is 0 Å². The number of fused-ring (bicyclic) bond motifs is 1. The molecule has 0 radical (unpaired) electrons. The lowest BCUT2D eigenvalue weighted by Crippen LogP contribution is -2.24. The largest absolute Gasteiger partial charge is 0.315 e. The van der Waals surface area contributed by atoms with Gasteiger partial charge in [0.05, 0.1) is 12.1 Å². The lowest BCUT2D eigenvalue weighted by molar-refractivity contribution is 0.393. The average molecular weight is 247 g/mol. The molecule has 0 atom stereocenters. The van der Waals surface area contributed by atoms with Crippen LogP contribution in [0, 0.1) is 0 Å². The van der Waals surface area contributed by atoms with Crippen molar-refractivity contribution in [1.82, 2.24) is 25.2 Å². The summed E-state index contributed by atoms with van der Waals surface area (Å²) in [6, 6.07) is 8.05. The molecule has 5 heteroatoms. The molecule has 0 saturated carbocycles. The van der Waals surface area contributed by atoms with Crippen LogP contribution < -0.4 is 5.32 Å². The normalized spacial score (nSPS) is 11.5. The van der Waals surface area contributed by atoms with E-state index in [1.807, 2.05) is 22.9 Å². The highest BCUT2D eigenvalue weighted by molar-refractivity contribution is 5.73. The van der Waals surface area contributed by atoms with Crippen molar-refractivity contribution in [2.24, 2.45) is 0 Å². The quantitative estimate of drug-likeness (QED) is 0.741. The Morgan fingerprint density at radius 1 is 1.22 bits per heavy atom. The average Bonchev–Trinajstić information content (AvgIpc) is 2.77. The van der Waals surface area contributed by atoms with E-state index in [2.05, 4.69) is 40.7 Å². The minimum atomic E-state index is 0.864. The Bertz CT molecular complexity index is 477. The monoisotopic (exact) mass is 247 g/mol. The molecule has 2 rings (SSSR count). The predicted molar refractivity (Wildman–Crippen MR) is 73.6 cm³/mol. The summed E-state index contributed by atoms with van der Waals surface area (Å²) in [6.45, 7) is 3.97. The Hall–Kier alpha value is -1.46. The Morgan fingerprint density at radius 3 is 2.89 bits per heavy atom. The standard InChI is InChI=1S/C13H21N5/c1-17(2)10-5-8-14-9-11-18-13-7-4-3-6-12(13)15-16-18/h3-4,6-7,14H,5,8-11H2,1-2H3. The van der Waals surface area contributed by atoms with E-state index >= 15 is 0 Å². The molecule has 18 heavy (non-hydrogen) atoms. The molecule has 0 unspecified atom stereocenters. The zero-order chi connectivity index (χ0) is 12.8. The summed E-state index contributed by atoms with van der Waals surface area (Å²) in [6.07, 6.45) is 1.17. The fourth-order valence-electron chi connectivity index (χ4n) is 1.91. The van der Waals surface area contributed by atoms with Crippen LogP contribution in [0.15, 0.2) is 24.3 Å². The maximum Gasteiger partial charge on any atom is 0.113 e. The summed E-state index contributed by atoms with van der Waals surface area (Å²) in [5.74, 6) is 0. The van der Waals surface area contributed by atoms with Crippen molar-refractivity contribution in [3.05, 3.63) is 24.3 Å². The van der Waals surface area contributed by atoms with Crippen molar-refractivity contribution in [3.63, 3.8) is 0 Å². The number of hydrogen-bond donors (Lipinski definition) is 1. The molecule has 1 N–H and O–H groups in total. The second-order valence-electron chi connectivity index (χ2n) is 4.71. The van der Waals surface area contributed by atoms with Crippen molar-refractivity contribution < 1.29 is 0 Å². The minimum absolute atomic E-state index is 0.864. The van der Waals surface area contributed by atoms with Crippen molar-refractivity contribution in [3.8, 4) is 0 Å². The molecule has 0 spiro atoms. The van der Waals surface area contributed by atoms with Gasteiger partial charge in [0, 0.05) is 6.54 Å². The van der Waals surface area contributed by atoms with Crippen LogP contribution in [-0.2, 0) is 6.54 Å². The molecule has 1 aromatic heterocycles. The highest BCUT2D eigenvalue weighted by Gasteiger charge is 2.01. The van der Waals surface area contributed by atoms with Gasteiger partial charge in [-0.15, -0.1) is 5.10 Å². The second-order valence-corrected chi connectivity index (χ2v) is 4.71. The summed E-state index contributed by atoms with van der Waals surface area (Å²) >= 11 is 0. The van der Waals surface area contributed by atoms with Crippen LogP contribution in [0.25, 0.3) is 11.0 Å². The highest BCUT2D eigenvalue weighted by atomic mass is 15.4. The fraction of sp³-hybridized carbons (Fsp3) is 0.538. The number of rotatable bonds is 7. The molecule has 0 aliphatic heterocycles. The number of nitrogens with one attached hydrogen (secondary N) is 1. The van der Waals surface area contributed by atoms with E-state index in [4.69, 9.17) is 0 Å². The number of hydrogen-bond acceptors (Lipinski definition) is 4. The first-order valence-electron chi connectivity index (χ1n) is 6.41. The van der Waals surface area contributed by atoms with E-state index in [-0.39, 0.29) is 0 Å². The first-order valence-corrected chi connectivity index (χ1v) is 6.41. The lowest BCUT2D eigenvalue weighted by Gasteiger charge is -2.09. The Morgan fingerprint density at radius 2 is 2.06 bits per heavy atom. The Balaban J connectivity index is 1.74. The predicted octanol–water partition coefficient (Wildman–Crippen LogP) is 0.973. The van der Waals surface area contributed by atoms with Gasteiger partial charge in [-0.25, -0.2) is 4.68 Å². The minimum Gasteiger partial charge on any atom is -0.315 e. The molecule has 5 nitrogen and oxygen atoms in total. The van der Waals surface area contributed by atoms with E-state index < -0.39 is 0 Å². The van der Waals surface area contributed by atoms with Gasteiger partial charge >= 0.3 is 0 Å². The summed E-state index contributed by atoms with van der Waals surface area (Å²) in [5, 5.41) is 11.7. The van der Waals surface area contributed by atoms with Crippen LogP contribution in [0.4, 0.5) is 0 Å². The fourth-order valence-corrected chi connectivity index (χ4v) is 1.91. The third kappa shape index (κ3) is 3.51. The topological polar surface area (TPSA) is 46.0 Å². The van der Waals surface area contributed by atoms with E-state index in [1.165, 1.54) is 6.42 Å². The van der Waals surface area contributed by atoms with Crippen molar-refractivity contribution in [2.45, 2.75) is 13.0 Å². The molecule has 1 heterocycles. The molecule has 0 aliphatic carbocycles. The summed E-state index contributed by atoms with van der Waals surface area (Å²) < 4.78 is 1.95. The Kier molecular flexibility index (Phi) is 4.66. The smallest absolute Gasteiger partial charge is 0.113 e. The molecule has 0 amide bonds. The first kappa shape index (κ1) is 13.0. The second kappa shape index (κ2) is 6.47. The van der Waals surface area contributed by atoms with Crippen molar-refractivity contribution in [1.29, 1.82) is 0 Å². The summed E-state index contributed by atoms with van der Waals surface area (Å²) in [7, 11) is 4.20. The molecule has 2 aromatic rings. The van der Waals surface area contributed by atoms with Gasteiger partial charge in [-0.05, 0) is 45.7 Å². The Labute approximate surface area is 108 Å². The van der Waals surface area contributed by atoms with E-state index in [0.717, 1.165) is 37.2 Å². The molecule has 98 valence electrons. The number of benzene rings is 1. The SMILES string of the molecule is CN(C)CCCNCCn1nnc2ccccc21. The number of para-hydroxylation sites is 1. The first-order chi connectivity index (χ1) is 8.77. The molecule has 0 aliphatic rings. The molecule has 0 fully saturated rings. The van der Waals surface area contributed by atoms with Gasteiger partial charge in [0.15, 0.2) is 0 Å². The van der Waals surface area contributed by atoms with Gasteiger partial charge in [0.2, 0.25) is 0 Å². The molecule has 0 saturated heterocycles. The van der Waals surface area contributed by atoms with Gasteiger partial charge in [-0.3, -0.25) is 0 Å². The van der Waals surface area contributed by atoms with Crippen LogP contribution in [0.5, 0.6) is 0 Å². The maximum absolute atomic E-state index is 4.16. The zero-order valence-electron chi connectivity index (χ0n) is 11.1. The van der Waals surface area contributed by atoms with Crippen LogP contribution in [0.1, 0.15) is 6.42 Å². The van der Waals surface area contributed by atoms with Crippen LogP contribution in [0.3, 0.4) is 0 Å². The number of aromatic nitrogens is 3. The van der Waals surface area contributed by atoms with Gasteiger partial charge < -0.3 is 10.2 Å². The molecular weight excluding hydrogens is 226 g/mol. The van der Waals surface area contributed by atoms with E-state index in [9.17, 15) is 0 Å². The van der Waals surface area contributed by atoms with E-state index in [0.29, 0.717) is 0 Å². The van der Waals surface area contributed by atoms with Gasteiger partial charge in [-0.1, -0.05) is 17.3 Å². The number of nitrogens with zero attached hydrogens (tertiary/aromatic N) is 4. The summed E-state index contributed by atoms with van der Waals surface area (Å²) in [4.78, 5) is 2.20. The van der Waals surface area contributed by atoms with Crippen LogP contribution >= 0.6 is 0 Å². The molecular formula is C13H21N5.